The van der Waals surface area contributed by atoms with Crippen LogP contribution >= 0.6 is 0 Å². The molecule has 0 saturated heterocycles. The molecule has 0 heterocycles. The van der Waals surface area contributed by atoms with Gasteiger partial charge in [0.2, 0.25) is 0 Å². The van der Waals surface area contributed by atoms with Crippen molar-refractivity contribution in [1.29, 1.82) is 0 Å². The molecule has 0 aromatic heterocycles. The van der Waals surface area contributed by atoms with Crippen LogP contribution in [-0.4, -0.2) is 66.3 Å². The standard InChI is InChI=1S/C18H24AtN3O9S/c19-11-5-1-2-7-14(11)32(30,31)20-10-4-3-6-12(16(25)26)21-18(29)22-13(17(27)28)8-9-15(23)24/h1-2,5,7,12-13,20H,3-4,6,8-10H2,(H,23,24)(H,25,26)(H,27,28)(H2,21,22,29)/t12-,13-/m0/s1. The quantitative estimate of drug-likeness (QED) is 0.140. The summed E-state index contributed by atoms with van der Waals surface area (Å²) in [6, 6.07) is 2.64. The van der Waals surface area contributed by atoms with Gasteiger partial charge in [-0.05, 0) is 6.42 Å². The summed E-state index contributed by atoms with van der Waals surface area (Å²) in [5, 5.41) is 31.1. The predicted molar refractivity (Wildman–Crippen MR) is 107 cm³/mol. The number of carbonyl (C=O) groups is 4. The Balaban J connectivity index is 2.50. The van der Waals surface area contributed by atoms with E-state index in [0.717, 1.165) is 0 Å². The molecule has 178 valence electrons. The first-order chi connectivity index (χ1) is 14.9. The van der Waals surface area contributed by atoms with Gasteiger partial charge in [-0.2, -0.15) is 0 Å². The predicted octanol–water partition coefficient (Wildman–Crippen LogP) is -0.620. The first kappa shape index (κ1) is 27.7. The Morgan fingerprint density at radius 2 is 1.47 bits per heavy atom. The van der Waals surface area contributed by atoms with E-state index in [1.807, 2.05) is 5.32 Å². The maximum Gasteiger partial charge on any atom is 0.326 e. The Labute approximate surface area is 199 Å². The molecular formula is C18H24AtN3O9S. The topological polar surface area (TPSA) is 199 Å². The van der Waals surface area contributed by atoms with Crippen LogP contribution in [0.3, 0.4) is 0 Å². The SMILES string of the molecule is O=C(O)CC[C@H](NC(=O)N[C@@H](CCCCNS(=O)(=O)c1ccccc1[At])C(=O)O)C(=O)O. The van der Waals surface area contributed by atoms with Crippen molar-refractivity contribution >= 4 is 37.2 Å². The van der Waals surface area contributed by atoms with Crippen LogP contribution in [-0.2, 0) is 24.4 Å². The summed E-state index contributed by atoms with van der Waals surface area (Å²) in [6.07, 6.45) is -0.307. The van der Waals surface area contributed by atoms with Gasteiger partial charge in [-0.15, -0.1) is 0 Å². The van der Waals surface area contributed by atoms with Crippen molar-refractivity contribution in [3.63, 3.8) is 0 Å². The molecule has 32 heavy (non-hydrogen) atoms. The van der Waals surface area contributed by atoms with Gasteiger partial charge >= 0.3 is 161 Å². The number of rotatable bonds is 14. The number of carboxylic acids is 3. The van der Waals surface area contributed by atoms with Gasteiger partial charge in [-0.1, -0.05) is 0 Å². The molecule has 1 aromatic rings. The summed E-state index contributed by atoms with van der Waals surface area (Å²) in [6.45, 7) is 0.0672. The molecule has 0 aliphatic carbocycles. The van der Waals surface area contributed by atoms with Gasteiger partial charge in [-0.3, -0.25) is 4.79 Å². The third-order valence-corrected chi connectivity index (χ3v) is 7.50. The molecular weight excluding hydrogens is 644 g/mol. The number of sulfonamides is 1. The molecule has 1 aromatic carbocycles. The van der Waals surface area contributed by atoms with Crippen LogP contribution in [0.5, 0.6) is 0 Å². The number of hydrogen-bond acceptors (Lipinski definition) is 6. The molecule has 0 aliphatic heterocycles. The Kier molecular flexibility index (Phi) is 11.5. The van der Waals surface area contributed by atoms with Crippen molar-refractivity contribution < 1.29 is 67.6 Å². The molecule has 0 bridgehead atoms. The van der Waals surface area contributed by atoms with Crippen LogP contribution in [0.4, 0.5) is 4.79 Å². The van der Waals surface area contributed by atoms with Crippen molar-refractivity contribution in [3.8, 4) is 0 Å². The average Bonchev–Trinajstić information content (AvgIpc) is 2.69. The van der Waals surface area contributed by atoms with Crippen LogP contribution in [0.2, 0.25) is 0 Å². The molecule has 0 unspecified atom stereocenters. The summed E-state index contributed by atoms with van der Waals surface area (Å²) in [5.41, 5.74) is 0. The van der Waals surface area contributed by atoms with Gasteiger partial charge in [0.15, 0.2) is 0 Å². The second-order valence-electron chi connectivity index (χ2n) is 6.66. The fourth-order valence-corrected chi connectivity index (χ4v) is 5.42. The largest absolute Gasteiger partial charge is 0.480 e. The maximum absolute atomic E-state index is 12.3. The number of carbonyl (C=O) groups excluding carboxylic acids is 1. The third-order valence-electron chi connectivity index (χ3n) is 4.19. The van der Waals surface area contributed by atoms with E-state index in [2.05, 4.69) is 10.0 Å². The van der Waals surface area contributed by atoms with Gasteiger partial charge in [0.25, 0.3) is 0 Å². The summed E-state index contributed by atoms with van der Waals surface area (Å²) < 4.78 is 27.7. The van der Waals surface area contributed by atoms with Crippen LogP contribution < -0.4 is 18.6 Å². The van der Waals surface area contributed by atoms with Crippen molar-refractivity contribution in [2.45, 2.75) is 49.1 Å². The number of amides is 2. The number of carboxylic acid groups (broad SMARTS) is 3. The second-order valence-corrected chi connectivity index (χ2v) is 9.97. The number of benzene rings is 1. The normalized spacial score (nSPS) is 13.0. The zero-order valence-electron chi connectivity index (χ0n) is 16.8. The maximum atomic E-state index is 12.3. The van der Waals surface area contributed by atoms with Crippen molar-refractivity contribution in [1.82, 2.24) is 15.4 Å². The molecule has 0 aliphatic rings. The summed E-state index contributed by atoms with van der Waals surface area (Å²) in [5.74, 6) is -4.03. The minimum atomic E-state index is -3.69. The van der Waals surface area contributed by atoms with E-state index in [4.69, 9.17) is 10.2 Å². The van der Waals surface area contributed by atoms with Crippen molar-refractivity contribution in [3.05, 3.63) is 24.3 Å². The molecule has 12 nitrogen and oxygen atoms in total. The van der Waals surface area contributed by atoms with Gasteiger partial charge in [0, 0.05) is 6.42 Å². The fraction of sp³-hybridized carbons (Fsp3) is 0.444. The number of nitrogens with one attached hydrogen (secondary N) is 3. The van der Waals surface area contributed by atoms with Gasteiger partial charge < -0.3 is 10.2 Å². The average molecular weight is 668 g/mol. The van der Waals surface area contributed by atoms with Gasteiger partial charge in [0.05, 0.1) is 0 Å². The second kappa shape index (κ2) is 13.3. The van der Waals surface area contributed by atoms with Crippen LogP contribution in [0.15, 0.2) is 29.2 Å². The first-order valence-electron chi connectivity index (χ1n) is 9.42. The Hall–Kier alpha value is -2.31. The van der Waals surface area contributed by atoms with Crippen molar-refractivity contribution in [2.75, 3.05) is 6.54 Å². The number of unbranched alkanes of at least 4 members (excludes halogenated alkanes) is 1. The summed E-state index contributed by atoms with van der Waals surface area (Å²) in [7, 11) is -3.69. The zero-order valence-corrected chi connectivity index (χ0v) is 20.5. The summed E-state index contributed by atoms with van der Waals surface area (Å²) in [4.78, 5) is 45.2. The molecule has 6 N–H and O–H groups in total. The molecule has 2 atom stereocenters. The Morgan fingerprint density at radius 1 is 0.906 bits per heavy atom. The Bertz CT molecular complexity index is 939. The number of urea groups is 1. The van der Waals surface area contributed by atoms with Crippen LogP contribution in [0, 0.1) is 24.7 Å². The Morgan fingerprint density at radius 3 is 2.00 bits per heavy atom. The van der Waals surface area contributed by atoms with E-state index < -0.39 is 52.5 Å². The van der Waals surface area contributed by atoms with E-state index in [-0.39, 0.29) is 30.7 Å². The minimum Gasteiger partial charge on any atom is -0.480 e. The number of hydrogen-bond donors (Lipinski definition) is 6. The molecule has 0 fully saturated rings. The third kappa shape index (κ3) is 9.88. The van der Waals surface area contributed by atoms with E-state index in [1.54, 1.807) is 18.2 Å². The molecule has 0 saturated carbocycles. The van der Waals surface area contributed by atoms with E-state index in [0.29, 0.717) is 9.69 Å². The fourth-order valence-electron chi connectivity index (χ4n) is 2.56. The van der Waals surface area contributed by atoms with Crippen LogP contribution in [0.1, 0.15) is 32.1 Å². The molecule has 14 heteroatoms. The first-order valence-corrected chi connectivity index (χ1v) is 12.4. The van der Waals surface area contributed by atoms with E-state index in [1.165, 1.54) is 30.8 Å². The van der Waals surface area contributed by atoms with E-state index >= 15 is 0 Å². The van der Waals surface area contributed by atoms with E-state index in [9.17, 15) is 32.7 Å². The molecule has 0 radical (unpaired) electrons. The molecule has 0 spiro atoms. The molecule has 1 rings (SSSR count). The zero-order chi connectivity index (χ0) is 24.3. The monoisotopic (exact) mass is 668 g/mol. The smallest absolute Gasteiger partial charge is 0.326 e. The van der Waals surface area contributed by atoms with Crippen molar-refractivity contribution in [2.24, 2.45) is 0 Å². The minimum absolute atomic E-state index is 0.0233. The number of aliphatic carboxylic acids is 3. The molecule has 2 amide bonds. The summed E-state index contributed by atoms with van der Waals surface area (Å²) >= 11 is 1.22. The van der Waals surface area contributed by atoms with Gasteiger partial charge in [0.1, 0.15) is 6.04 Å². The van der Waals surface area contributed by atoms with Crippen LogP contribution in [0.25, 0.3) is 0 Å². The van der Waals surface area contributed by atoms with Gasteiger partial charge in [-0.25, -0.2) is 4.79 Å².